The van der Waals surface area contributed by atoms with Gasteiger partial charge >= 0.3 is 0 Å². The number of benzene rings is 2. The second-order valence-electron chi connectivity index (χ2n) is 3.48. The molecule has 0 spiro atoms. The van der Waals surface area contributed by atoms with E-state index in [0.29, 0.717) is 21.2 Å². The fraction of sp³-hybridized carbons (Fsp3) is 0. The summed E-state index contributed by atoms with van der Waals surface area (Å²) in [6.45, 7) is 0. The zero-order chi connectivity index (χ0) is 12.4. The van der Waals surface area contributed by atoms with E-state index in [1.807, 2.05) is 0 Å². The summed E-state index contributed by atoms with van der Waals surface area (Å²) in [7, 11) is 0. The van der Waals surface area contributed by atoms with E-state index in [2.05, 4.69) is 15.9 Å². The first-order valence-corrected chi connectivity index (χ1v) is 6.00. The summed E-state index contributed by atoms with van der Waals surface area (Å²) in [5.41, 5.74) is 1.59. The second kappa shape index (κ2) is 4.98. The number of hydrogen-bond donors (Lipinski definition) is 0. The number of carbonyl (C=O) groups is 1. The van der Waals surface area contributed by atoms with Crippen LogP contribution in [0.3, 0.4) is 0 Å². The molecule has 0 saturated carbocycles. The molecule has 0 heterocycles. The van der Waals surface area contributed by atoms with Crippen LogP contribution in [-0.4, -0.2) is 5.24 Å². The monoisotopic (exact) mass is 312 g/mol. The molecule has 86 valence electrons. The lowest BCUT2D eigenvalue weighted by molar-refractivity contribution is 0.108. The first-order chi connectivity index (χ1) is 8.08. The van der Waals surface area contributed by atoms with E-state index < -0.39 is 5.24 Å². The van der Waals surface area contributed by atoms with Crippen molar-refractivity contribution in [1.82, 2.24) is 0 Å². The quantitative estimate of drug-likeness (QED) is 0.739. The molecule has 0 aliphatic rings. The van der Waals surface area contributed by atoms with Crippen molar-refractivity contribution in [2.75, 3.05) is 0 Å². The fourth-order valence-electron chi connectivity index (χ4n) is 1.50. The van der Waals surface area contributed by atoms with E-state index in [4.69, 9.17) is 11.6 Å². The van der Waals surface area contributed by atoms with Gasteiger partial charge < -0.3 is 0 Å². The van der Waals surface area contributed by atoms with E-state index in [0.717, 1.165) is 0 Å². The van der Waals surface area contributed by atoms with Crippen molar-refractivity contribution >= 4 is 32.8 Å². The van der Waals surface area contributed by atoms with Crippen LogP contribution in [0.4, 0.5) is 4.39 Å². The molecular formula is C13H7BrClFO. The van der Waals surface area contributed by atoms with Gasteiger partial charge in [0, 0.05) is 15.6 Å². The van der Waals surface area contributed by atoms with Crippen LogP contribution in [0.25, 0.3) is 11.1 Å². The second-order valence-corrected chi connectivity index (χ2v) is 4.73. The zero-order valence-electron chi connectivity index (χ0n) is 8.58. The van der Waals surface area contributed by atoms with Crippen LogP contribution in [0.1, 0.15) is 10.4 Å². The van der Waals surface area contributed by atoms with Gasteiger partial charge in [-0.25, -0.2) is 4.39 Å². The molecule has 0 N–H and O–H groups in total. The third kappa shape index (κ3) is 2.73. The summed E-state index contributed by atoms with van der Waals surface area (Å²) < 4.78 is 14.4. The number of rotatable bonds is 2. The number of halogens is 3. The molecule has 0 atom stereocenters. The van der Waals surface area contributed by atoms with Gasteiger partial charge in [-0.3, -0.25) is 4.79 Å². The Morgan fingerprint density at radius 2 is 1.76 bits per heavy atom. The van der Waals surface area contributed by atoms with Gasteiger partial charge in [-0.05, 0) is 41.4 Å². The molecule has 2 aromatic rings. The molecule has 17 heavy (non-hydrogen) atoms. The standard InChI is InChI=1S/C13H7BrClFO/c14-10-5-6-11(12(16)7-10)8-1-3-9(4-2-8)13(15)17/h1-7H. The normalized spacial score (nSPS) is 10.3. The lowest BCUT2D eigenvalue weighted by Crippen LogP contribution is -1.89. The van der Waals surface area contributed by atoms with Gasteiger partial charge in [-0.2, -0.15) is 0 Å². The van der Waals surface area contributed by atoms with Gasteiger partial charge in [0.1, 0.15) is 5.82 Å². The SMILES string of the molecule is O=C(Cl)c1ccc(-c2ccc(Br)cc2F)cc1. The minimum atomic E-state index is -0.521. The maximum Gasteiger partial charge on any atom is 0.252 e. The zero-order valence-corrected chi connectivity index (χ0v) is 10.9. The predicted molar refractivity (Wildman–Crippen MR) is 69.7 cm³/mol. The van der Waals surface area contributed by atoms with Crippen molar-refractivity contribution < 1.29 is 9.18 Å². The Morgan fingerprint density at radius 1 is 1.12 bits per heavy atom. The Hall–Kier alpha value is -1.19. The minimum absolute atomic E-state index is 0.315. The average molecular weight is 314 g/mol. The summed E-state index contributed by atoms with van der Waals surface area (Å²) in [5, 5.41) is -0.521. The molecule has 0 aliphatic carbocycles. The highest BCUT2D eigenvalue weighted by Gasteiger charge is 2.07. The molecule has 0 bridgehead atoms. The molecule has 0 aliphatic heterocycles. The van der Waals surface area contributed by atoms with Crippen LogP contribution in [0.15, 0.2) is 46.9 Å². The Morgan fingerprint density at radius 3 is 2.29 bits per heavy atom. The van der Waals surface area contributed by atoms with Gasteiger partial charge in [0.2, 0.25) is 0 Å². The lowest BCUT2D eigenvalue weighted by atomic mass is 10.0. The van der Waals surface area contributed by atoms with Crippen LogP contribution < -0.4 is 0 Å². The molecule has 0 aromatic heterocycles. The largest absolute Gasteiger partial charge is 0.276 e. The highest BCUT2D eigenvalue weighted by atomic mass is 79.9. The van der Waals surface area contributed by atoms with Crippen molar-refractivity contribution in [1.29, 1.82) is 0 Å². The molecule has 0 unspecified atom stereocenters. The fourth-order valence-corrected chi connectivity index (χ4v) is 1.96. The summed E-state index contributed by atoms with van der Waals surface area (Å²) in [6, 6.07) is 11.3. The smallest absolute Gasteiger partial charge is 0.252 e. The lowest BCUT2D eigenvalue weighted by Gasteiger charge is -2.04. The third-order valence-corrected chi connectivity index (χ3v) is 3.07. The topological polar surface area (TPSA) is 17.1 Å². The van der Waals surface area contributed by atoms with Gasteiger partial charge in [-0.1, -0.05) is 34.1 Å². The maximum atomic E-state index is 13.7. The molecule has 2 rings (SSSR count). The molecular weight excluding hydrogens is 306 g/mol. The highest BCUT2D eigenvalue weighted by molar-refractivity contribution is 9.10. The van der Waals surface area contributed by atoms with E-state index in [-0.39, 0.29) is 5.82 Å². The summed E-state index contributed by atoms with van der Waals surface area (Å²) in [6.07, 6.45) is 0. The van der Waals surface area contributed by atoms with Crippen molar-refractivity contribution in [2.24, 2.45) is 0 Å². The van der Waals surface area contributed by atoms with E-state index in [1.165, 1.54) is 6.07 Å². The Kier molecular flexibility index (Phi) is 3.60. The van der Waals surface area contributed by atoms with Gasteiger partial charge in [0.05, 0.1) is 0 Å². The molecule has 4 heteroatoms. The van der Waals surface area contributed by atoms with Crippen molar-refractivity contribution in [3.05, 3.63) is 58.3 Å². The van der Waals surface area contributed by atoms with Crippen LogP contribution in [0.5, 0.6) is 0 Å². The summed E-state index contributed by atoms with van der Waals surface area (Å²) in [4.78, 5) is 10.9. The number of carbonyl (C=O) groups excluding carboxylic acids is 1. The molecule has 0 amide bonds. The van der Waals surface area contributed by atoms with Crippen LogP contribution in [-0.2, 0) is 0 Å². The summed E-state index contributed by atoms with van der Waals surface area (Å²) >= 11 is 8.53. The van der Waals surface area contributed by atoms with E-state index in [9.17, 15) is 9.18 Å². The Balaban J connectivity index is 2.43. The van der Waals surface area contributed by atoms with Crippen molar-refractivity contribution in [3.63, 3.8) is 0 Å². The molecule has 0 radical (unpaired) electrons. The van der Waals surface area contributed by atoms with E-state index in [1.54, 1.807) is 36.4 Å². The molecule has 1 nitrogen and oxygen atoms in total. The molecule has 0 fully saturated rings. The van der Waals surface area contributed by atoms with Crippen molar-refractivity contribution in [2.45, 2.75) is 0 Å². The van der Waals surface area contributed by atoms with Crippen molar-refractivity contribution in [3.8, 4) is 11.1 Å². The predicted octanol–water partition coefficient (Wildman–Crippen LogP) is 4.63. The highest BCUT2D eigenvalue weighted by Crippen LogP contribution is 2.25. The first-order valence-electron chi connectivity index (χ1n) is 4.83. The van der Waals surface area contributed by atoms with Gasteiger partial charge in [-0.15, -0.1) is 0 Å². The summed E-state index contributed by atoms with van der Waals surface area (Å²) in [5.74, 6) is -0.315. The third-order valence-electron chi connectivity index (χ3n) is 2.35. The molecule has 0 saturated heterocycles. The molecule has 2 aromatic carbocycles. The van der Waals surface area contributed by atoms with Crippen LogP contribution >= 0.6 is 27.5 Å². The minimum Gasteiger partial charge on any atom is -0.276 e. The van der Waals surface area contributed by atoms with Crippen LogP contribution in [0, 0.1) is 5.82 Å². The van der Waals surface area contributed by atoms with E-state index >= 15 is 0 Å². The Bertz CT molecular complexity index is 566. The Labute approximate surface area is 111 Å². The maximum absolute atomic E-state index is 13.7. The number of hydrogen-bond acceptors (Lipinski definition) is 1. The van der Waals surface area contributed by atoms with Gasteiger partial charge in [0.25, 0.3) is 5.24 Å². The first kappa shape index (κ1) is 12.3. The average Bonchev–Trinajstić information content (AvgIpc) is 2.29. The van der Waals surface area contributed by atoms with Crippen LogP contribution in [0.2, 0.25) is 0 Å². The van der Waals surface area contributed by atoms with Gasteiger partial charge in [0.15, 0.2) is 0 Å².